The molecule has 0 amide bonds. The van der Waals surface area contributed by atoms with Crippen molar-refractivity contribution in [3.8, 4) is 0 Å². The average molecular weight is 197 g/mol. The molecule has 0 spiro atoms. The van der Waals surface area contributed by atoms with Crippen LogP contribution in [0.5, 0.6) is 0 Å². The van der Waals surface area contributed by atoms with Crippen LogP contribution in [0, 0.1) is 11.6 Å². The molecular formula is C11H13F2N. The summed E-state index contributed by atoms with van der Waals surface area (Å²) in [7, 11) is 1.89. The van der Waals surface area contributed by atoms with Crippen LogP contribution in [0.1, 0.15) is 19.4 Å². The number of hydrogen-bond acceptors (Lipinski definition) is 1. The molecule has 0 fully saturated rings. The van der Waals surface area contributed by atoms with Gasteiger partial charge in [-0.25, -0.2) is 8.78 Å². The van der Waals surface area contributed by atoms with E-state index in [4.69, 9.17) is 0 Å². The van der Waals surface area contributed by atoms with Gasteiger partial charge in [-0.15, -0.1) is 0 Å². The number of anilines is 1. The molecule has 1 nitrogen and oxygen atoms in total. The van der Waals surface area contributed by atoms with Gasteiger partial charge in [0.1, 0.15) is 0 Å². The largest absolute Gasteiger partial charge is 0.373 e. The van der Waals surface area contributed by atoms with Gasteiger partial charge in [0.05, 0.1) is 0 Å². The highest BCUT2D eigenvalue weighted by Gasteiger charge is 2.37. The molecule has 0 atom stereocenters. The Bertz CT molecular complexity index is 385. The summed E-state index contributed by atoms with van der Waals surface area (Å²) >= 11 is 0. The second kappa shape index (κ2) is 2.69. The first-order valence-corrected chi connectivity index (χ1v) is 4.63. The summed E-state index contributed by atoms with van der Waals surface area (Å²) in [4.78, 5) is 1.96. The van der Waals surface area contributed by atoms with Crippen LogP contribution in [0.4, 0.5) is 14.5 Å². The summed E-state index contributed by atoms with van der Waals surface area (Å²) < 4.78 is 26.6. The maximum Gasteiger partial charge on any atom is 0.164 e. The molecule has 14 heavy (non-hydrogen) atoms. The fourth-order valence-corrected chi connectivity index (χ4v) is 2.26. The molecule has 0 radical (unpaired) electrons. The van der Waals surface area contributed by atoms with Gasteiger partial charge in [0, 0.05) is 30.3 Å². The molecule has 0 unspecified atom stereocenters. The third kappa shape index (κ3) is 1.11. The Morgan fingerprint density at radius 3 is 2.57 bits per heavy atom. The summed E-state index contributed by atoms with van der Waals surface area (Å²) in [6.45, 7) is 4.58. The zero-order chi connectivity index (χ0) is 10.5. The number of nitrogens with zero attached hydrogens (tertiary/aromatic N) is 1. The van der Waals surface area contributed by atoms with Gasteiger partial charge in [0.25, 0.3) is 0 Å². The van der Waals surface area contributed by atoms with Crippen LogP contribution >= 0.6 is 0 Å². The van der Waals surface area contributed by atoms with Crippen molar-refractivity contribution >= 4 is 5.69 Å². The number of likely N-dealkylation sites (N-methyl/N-ethyl adjacent to an activating group) is 1. The molecule has 1 aromatic carbocycles. The number of benzene rings is 1. The molecule has 1 aliphatic rings. The van der Waals surface area contributed by atoms with Crippen LogP contribution in [-0.4, -0.2) is 13.6 Å². The third-order valence-corrected chi connectivity index (χ3v) is 2.79. The van der Waals surface area contributed by atoms with Crippen molar-refractivity contribution in [2.75, 3.05) is 18.5 Å². The van der Waals surface area contributed by atoms with Gasteiger partial charge in [-0.05, 0) is 12.1 Å². The molecule has 0 saturated heterocycles. The molecule has 0 bridgehead atoms. The second-order valence-electron chi connectivity index (χ2n) is 4.50. The fraction of sp³-hybridized carbons (Fsp3) is 0.455. The summed E-state index contributed by atoms with van der Waals surface area (Å²) in [5.41, 5.74) is 0.991. The zero-order valence-electron chi connectivity index (χ0n) is 8.56. The average Bonchev–Trinajstić information content (AvgIpc) is 2.29. The molecule has 1 aromatic rings. The third-order valence-electron chi connectivity index (χ3n) is 2.79. The van der Waals surface area contributed by atoms with Gasteiger partial charge in [0.15, 0.2) is 11.6 Å². The normalized spacial score (nSPS) is 18.5. The second-order valence-corrected chi connectivity index (χ2v) is 4.50. The van der Waals surface area contributed by atoms with Gasteiger partial charge >= 0.3 is 0 Å². The lowest BCUT2D eigenvalue weighted by Crippen LogP contribution is -2.25. The Labute approximate surface area is 82.3 Å². The SMILES string of the molecule is CN1CC(C)(C)c2c1ccc(F)c2F. The fourth-order valence-electron chi connectivity index (χ4n) is 2.26. The van der Waals surface area contributed by atoms with Crippen molar-refractivity contribution in [1.29, 1.82) is 0 Å². The van der Waals surface area contributed by atoms with E-state index >= 15 is 0 Å². The quantitative estimate of drug-likeness (QED) is 0.618. The molecule has 76 valence electrons. The van der Waals surface area contributed by atoms with Gasteiger partial charge in [-0.2, -0.15) is 0 Å². The molecular weight excluding hydrogens is 184 g/mol. The van der Waals surface area contributed by atoms with E-state index in [1.807, 2.05) is 25.8 Å². The van der Waals surface area contributed by atoms with Crippen LogP contribution in [0.2, 0.25) is 0 Å². The predicted octanol–water partition coefficient (Wildman–Crippen LogP) is 2.69. The maximum atomic E-state index is 13.6. The van der Waals surface area contributed by atoms with Crippen LogP contribution in [0.3, 0.4) is 0 Å². The van der Waals surface area contributed by atoms with Crippen molar-refractivity contribution < 1.29 is 8.78 Å². The van der Waals surface area contributed by atoms with E-state index in [9.17, 15) is 8.78 Å². The van der Waals surface area contributed by atoms with Crippen molar-refractivity contribution in [1.82, 2.24) is 0 Å². The molecule has 1 aliphatic heterocycles. The monoisotopic (exact) mass is 197 g/mol. The lowest BCUT2D eigenvalue weighted by atomic mass is 9.86. The molecule has 1 heterocycles. The van der Waals surface area contributed by atoms with Gasteiger partial charge in [-0.3, -0.25) is 0 Å². The van der Waals surface area contributed by atoms with Crippen molar-refractivity contribution in [3.63, 3.8) is 0 Å². The summed E-state index contributed by atoms with van der Waals surface area (Å²) in [5, 5.41) is 0. The maximum absolute atomic E-state index is 13.6. The summed E-state index contributed by atoms with van der Waals surface area (Å²) in [5.74, 6) is -1.45. The van der Waals surface area contributed by atoms with E-state index in [2.05, 4.69) is 0 Å². The Morgan fingerprint density at radius 2 is 1.93 bits per heavy atom. The Kier molecular flexibility index (Phi) is 1.81. The minimum atomic E-state index is -0.757. The number of halogens is 2. The molecule has 0 aromatic heterocycles. The van der Waals surface area contributed by atoms with Gasteiger partial charge in [0.2, 0.25) is 0 Å². The van der Waals surface area contributed by atoms with Crippen LogP contribution in [-0.2, 0) is 5.41 Å². The van der Waals surface area contributed by atoms with E-state index < -0.39 is 11.6 Å². The van der Waals surface area contributed by atoms with Crippen molar-refractivity contribution in [3.05, 3.63) is 29.3 Å². The number of hydrogen-bond donors (Lipinski definition) is 0. The van der Waals surface area contributed by atoms with E-state index in [0.29, 0.717) is 5.56 Å². The topological polar surface area (TPSA) is 3.24 Å². The minimum absolute atomic E-state index is 0.309. The van der Waals surface area contributed by atoms with E-state index in [1.165, 1.54) is 6.07 Å². The van der Waals surface area contributed by atoms with Crippen LogP contribution in [0.25, 0.3) is 0 Å². The smallest absolute Gasteiger partial charge is 0.164 e. The molecule has 2 rings (SSSR count). The van der Waals surface area contributed by atoms with E-state index in [-0.39, 0.29) is 5.41 Å². The van der Waals surface area contributed by atoms with Gasteiger partial charge in [-0.1, -0.05) is 13.8 Å². The zero-order valence-corrected chi connectivity index (χ0v) is 8.56. The van der Waals surface area contributed by atoms with Gasteiger partial charge < -0.3 is 4.90 Å². The molecule has 0 N–H and O–H groups in total. The Morgan fingerprint density at radius 1 is 1.29 bits per heavy atom. The van der Waals surface area contributed by atoms with E-state index in [1.54, 1.807) is 6.07 Å². The minimum Gasteiger partial charge on any atom is -0.373 e. The first kappa shape index (κ1) is 9.44. The lowest BCUT2D eigenvalue weighted by molar-refractivity contribution is 0.467. The van der Waals surface area contributed by atoms with Crippen LogP contribution in [0.15, 0.2) is 12.1 Å². The Balaban J connectivity index is 2.70. The standard InChI is InChI=1S/C11H13F2N/c1-11(2)6-14(3)8-5-4-7(12)10(13)9(8)11/h4-5H,6H2,1-3H3. The van der Waals surface area contributed by atoms with Crippen molar-refractivity contribution in [2.45, 2.75) is 19.3 Å². The first-order chi connectivity index (χ1) is 6.43. The Hall–Kier alpha value is -1.12. The highest BCUT2D eigenvalue weighted by Crippen LogP contribution is 2.41. The number of rotatable bonds is 0. The van der Waals surface area contributed by atoms with Crippen molar-refractivity contribution in [2.24, 2.45) is 0 Å². The highest BCUT2D eigenvalue weighted by molar-refractivity contribution is 5.62. The van der Waals surface area contributed by atoms with E-state index in [0.717, 1.165) is 12.2 Å². The first-order valence-electron chi connectivity index (χ1n) is 4.63. The highest BCUT2D eigenvalue weighted by atomic mass is 19.2. The molecule has 3 heteroatoms. The summed E-state index contributed by atoms with van der Waals surface area (Å²) in [6, 6.07) is 2.83. The molecule has 0 aliphatic carbocycles. The lowest BCUT2D eigenvalue weighted by Gasteiger charge is -2.18. The number of fused-ring (bicyclic) bond motifs is 1. The molecule has 0 saturated carbocycles. The predicted molar refractivity (Wildman–Crippen MR) is 52.7 cm³/mol. The summed E-state index contributed by atoms with van der Waals surface area (Å²) in [6.07, 6.45) is 0. The van der Waals surface area contributed by atoms with Crippen LogP contribution < -0.4 is 4.90 Å².